The van der Waals surface area contributed by atoms with Crippen LogP contribution in [0.2, 0.25) is 0 Å². The fourth-order valence-corrected chi connectivity index (χ4v) is 5.20. The first-order chi connectivity index (χ1) is 19.6. The Morgan fingerprint density at radius 1 is 0.800 bits per heavy atom. The summed E-state index contributed by atoms with van der Waals surface area (Å²) in [4.78, 5) is 18.2. The summed E-state index contributed by atoms with van der Waals surface area (Å²) in [6.07, 6.45) is 4.09. The molecule has 1 atom stereocenters. The van der Waals surface area contributed by atoms with Crippen LogP contribution >= 0.6 is 0 Å². The van der Waals surface area contributed by atoms with Crippen molar-refractivity contribution in [2.75, 3.05) is 40.5 Å². The summed E-state index contributed by atoms with van der Waals surface area (Å²) >= 11 is 0. The minimum atomic E-state index is -0.142. The molecular formula is C33H33N5O2. The Hall–Kier alpha value is -4.75. The summed E-state index contributed by atoms with van der Waals surface area (Å²) < 4.78 is 0. The number of aromatic nitrogens is 1. The van der Waals surface area contributed by atoms with E-state index in [-0.39, 0.29) is 12.5 Å². The van der Waals surface area contributed by atoms with Crippen molar-refractivity contribution in [3.8, 4) is 0 Å². The van der Waals surface area contributed by atoms with Gasteiger partial charge < -0.3 is 30.9 Å². The lowest BCUT2D eigenvalue weighted by atomic mass is 9.98. The number of piperidine rings is 1. The van der Waals surface area contributed by atoms with Gasteiger partial charge in [-0.3, -0.25) is 4.79 Å². The summed E-state index contributed by atoms with van der Waals surface area (Å²) in [5.41, 5.74) is 7.44. The molecule has 1 aromatic heterocycles. The molecule has 5 N–H and O–H groups in total. The fourth-order valence-electron chi connectivity index (χ4n) is 5.20. The van der Waals surface area contributed by atoms with Crippen LogP contribution in [-0.4, -0.2) is 35.7 Å². The molecule has 0 radical (unpaired) electrons. The van der Waals surface area contributed by atoms with Crippen molar-refractivity contribution in [3.05, 3.63) is 109 Å². The highest BCUT2D eigenvalue weighted by Gasteiger charge is 2.19. The van der Waals surface area contributed by atoms with Crippen LogP contribution in [0.5, 0.6) is 0 Å². The molecule has 7 nitrogen and oxygen atoms in total. The van der Waals surface area contributed by atoms with Gasteiger partial charge >= 0.3 is 0 Å². The fraction of sp³-hybridized carbons (Fsp3) is 0.182. The summed E-state index contributed by atoms with van der Waals surface area (Å²) in [5.74, 6) is 0.227. The maximum absolute atomic E-state index is 12.7. The maximum atomic E-state index is 12.7. The van der Waals surface area contributed by atoms with E-state index in [1.54, 1.807) is 0 Å². The van der Waals surface area contributed by atoms with Crippen molar-refractivity contribution in [2.24, 2.45) is 5.92 Å². The second-order valence-electron chi connectivity index (χ2n) is 10.3. The zero-order valence-corrected chi connectivity index (χ0v) is 22.2. The Morgan fingerprint density at radius 3 is 2.02 bits per heavy atom. The normalized spacial score (nSPS) is 15.1. The van der Waals surface area contributed by atoms with Gasteiger partial charge in [0.2, 0.25) is 0 Å². The molecule has 1 saturated heterocycles. The topological polar surface area (TPSA) is 92.4 Å². The molecule has 6 rings (SSSR count). The van der Waals surface area contributed by atoms with E-state index in [2.05, 4.69) is 50.1 Å². The number of aromatic amines is 1. The van der Waals surface area contributed by atoms with Gasteiger partial charge in [-0.05, 0) is 115 Å². The van der Waals surface area contributed by atoms with E-state index in [4.69, 9.17) is 0 Å². The first-order valence-corrected chi connectivity index (χ1v) is 13.7. The molecule has 5 aromatic rings. The number of anilines is 6. The summed E-state index contributed by atoms with van der Waals surface area (Å²) in [6.45, 7) is 2.22. The van der Waals surface area contributed by atoms with Gasteiger partial charge in [-0.1, -0.05) is 6.07 Å². The quantitative estimate of drug-likeness (QED) is 0.147. The van der Waals surface area contributed by atoms with Crippen molar-refractivity contribution in [1.29, 1.82) is 0 Å². The Balaban J connectivity index is 1.02. The zero-order valence-electron chi connectivity index (χ0n) is 22.2. The second kappa shape index (κ2) is 11.6. The van der Waals surface area contributed by atoms with Gasteiger partial charge in [0.15, 0.2) is 0 Å². The summed E-state index contributed by atoms with van der Waals surface area (Å²) in [5, 5.41) is 20.4. The number of amides is 1. The molecule has 4 aromatic carbocycles. The Labute approximate surface area is 233 Å². The molecule has 1 aliphatic rings. The van der Waals surface area contributed by atoms with Crippen LogP contribution in [0.3, 0.4) is 0 Å². The SMILES string of the molecule is O=C(Nc1ccc(Nc2ccc(Nc3ccc(N4CCCC(CO)C4)cc3)cc2)cc1)c1ccc2cc[nH]c2c1. The standard InChI is InChI=1S/C33H33N5O2/c39-22-23-2-1-19-38(21-23)31-15-13-29(14-16-31)36-27-7-5-26(6-8-27)35-28-9-11-30(12-10-28)37-33(40)25-4-3-24-17-18-34-32(24)20-25/h3-18,20,23,34-36,39H,1-2,19,21-22H2,(H,37,40). The van der Waals surface area contributed by atoms with Crippen LogP contribution < -0.4 is 20.9 Å². The van der Waals surface area contributed by atoms with Crippen LogP contribution in [-0.2, 0) is 0 Å². The maximum Gasteiger partial charge on any atom is 0.255 e. The number of nitrogens with zero attached hydrogens (tertiary/aromatic N) is 1. The number of rotatable bonds is 8. The smallest absolute Gasteiger partial charge is 0.255 e. The Bertz CT molecular complexity index is 1580. The number of carbonyl (C=O) groups is 1. The molecule has 40 heavy (non-hydrogen) atoms. The van der Waals surface area contributed by atoms with Crippen molar-refractivity contribution < 1.29 is 9.90 Å². The Kier molecular flexibility index (Phi) is 7.37. The third-order valence-corrected chi connectivity index (χ3v) is 7.43. The lowest BCUT2D eigenvalue weighted by Crippen LogP contribution is -2.36. The van der Waals surface area contributed by atoms with E-state index in [9.17, 15) is 9.90 Å². The number of H-pyrrole nitrogens is 1. The zero-order chi connectivity index (χ0) is 27.3. The Morgan fingerprint density at radius 2 is 1.40 bits per heavy atom. The third-order valence-electron chi connectivity index (χ3n) is 7.43. The average Bonchev–Trinajstić information content (AvgIpc) is 3.48. The predicted octanol–water partition coefficient (Wildman–Crippen LogP) is 7.12. The molecule has 2 heterocycles. The van der Waals surface area contributed by atoms with E-state index in [1.165, 1.54) is 5.69 Å². The van der Waals surface area contributed by atoms with Gasteiger partial charge in [-0.2, -0.15) is 0 Å². The molecule has 0 aliphatic carbocycles. The highest BCUT2D eigenvalue weighted by atomic mass is 16.3. The first-order valence-electron chi connectivity index (χ1n) is 13.7. The number of fused-ring (bicyclic) bond motifs is 1. The predicted molar refractivity (Wildman–Crippen MR) is 164 cm³/mol. The van der Waals surface area contributed by atoms with Crippen molar-refractivity contribution >= 4 is 50.9 Å². The van der Waals surface area contributed by atoms with Crippen LogP contribution in [0.4, 0.5) is 34.1 Å². The average molecular weight is 532 g/mol. The van der Waals surface area contributed by atoms with Crippen LogP contribution in [0.1, 0.15) is 23.2 Å². The van der Waals surface area contributed by atoms with Gasteiger partial charge in [-0.25, -0.2) is 0 Å². The molecule has 1 aliphatic heterocycles. The monoisotopic (exact) mass is 531 g/mol. The number of nitrogens with one attached hydrogen (secondary N) is 4. The van der Waals surface area contributed by atoms with Gasteiger partial charge in [0, 0.05) is 71.1 Å². The van der Waals surface area contributed by atoms with Gasteiger partial charge in [-0.15, -0.1) is 0 Å². The second-order valence-corrected chi connectivity index (χ2v) is 10.3. The number of aliphatic hydroxyl groups is 1. The van der Waals surface area contributed by atoms with E-state index in [1.807, 2.05) is 79.0 Å². The van der Waals surface area contributed by atoms with E-state index >= 15 is 0 Å². The van der Waals surface area contributed by atoms with E-state index in [0.717, 1.165) is 65.3 Å². The molecule has 202 valence electrons. The largest absolute Gasteiger partial charge is 0.396 e. The number of aliphatic hydroxyl groups excluding tert-OH is 1. The molecule has 0 saturated carbocycles. The number of carbonyl (C=O) groups excluding carboxylic acids is 1. The lowest BCUT2D eigenvalue weighted by molar-refractivity contribution is 0.102. The highest BCUT2D eigenvalue weighted by molar-refractivity contribution is 6.06. The van der Waals surface area contributed by atoms with Crippen molar-refractivity contribution in [2.45, 2.75) is 12.8 Å². The van der Waals surface area contributed by atoms with Crippen LogP contribution in [0, 0.1) is 5.92 Å². The van der Waals surface area contributed by atoms with Crippen LogP contribution in [0.15, 0.2) is 103 Å². The van der Waals surface area contributed by atoms with Gasteiger partial charge in [0.25, 0.3) is 5.91 Å². The number of hydrogen-bond acceptors (Lipinski definition) is 5. The number of hydrogen-bond donors (Lipinski definition) is 5. The van der Waals surface area contributed by atoms with Gasteiger partial charge in [0.1, 0.15) is 0 Å². The molecular weight excluding hydrogens is 498 g/mol. The lowest BCUT2D eigenvalue weighted by Gasteiger charge is -2.33. The minimum Gasteiger partial charge on any atom is -0.396 e. The molecule has 1 fully saturated rings. The first kappa shape index (κ1) is 25.5. The number of benzene rings is 4. The van der Waals surface area contributed by atoms with Crippen molar-refractivity contribution in [3.63, 3.8) is 0 Å². The molecule has 1 unspecified atom stereocenters. The molecule has 7 heteroatoms. The van der Waals surface area contributed by atoms with E-state index in [0.29, 0.717) is 11.5 Å². The molecule has 0 bridgehead atoms. The molecule has 0 spiro atoms. The third kappa shape index (κ3) is 5.95. The summed E-state index contributed by atoms with van der Waals surface area (Å²) in [7, 11) is 0. The van der Waals surface area contributed by atoms with Crippen LogP contribution in [0.25, 0.3) is 10.9 Å². The van der Waals surface area contributed by atoms with Crippen molar-refractivity contribution in [1.82, 2.24) is 4.98 Å². The highest BCUT2D eigenvalue weighted by Crippen LogP contribution is 2.27. The molecule has 1 amide bonds. The van der Waals surface area contributed by atoms with E-state index < -0.39 is 0 Å². The van der Waals surface area contributed by atoms with Gasteiger partial charge in [0.05, 0.1) is 0 Å². The minimum absolute atomic E-state index is 0.142. The summed E-state index contributed by atoms with van der Waals surface area (Å²) in [6, 6.07) is 31.9.